The molecule has 0 aliphatic carbocycles. The first kappa shape index (κ1) is 11.9. The molecule has 1 saturated heterocycles. The van der Waals surface area contributed by atoms with Gasteiger partial charge in [0, 0.05) is 25.5 Å². The maximum absolute atomic E-state index is 12.3. The number of carbonyl (C=O) groups is 1. The number of aromatic nitrogens is 2. The molecule has 1 aliphatic rings. The molecule has 1 aliphatic heterocycles. The minimum Gasteiger partial charge on any atom is -0.389 e. The smallest absolute Gasteiger partial charge is 0.270 e. The van der Waals surface area contributed by atoms with Crippen molar-refractivity contribution >= 4 is 11.6 Å². The normalized spacial score (nSPS) is 15.6. The van der Waals surface area contributed by atoms with E-state index in [0.29, 0.717) is 5.65 Å². The van der Waals surface area contributed by atoms with Crippen LogP contribution in [-0.4, -0.2) is 44.5 Å². The summed E-state index contributed by atoms with van der Waals surface area (Å²) in [5, 5.41) is 9.20. The van der Waals surface area contributed by atoms with Crippen molar-refractivity contribution in [1.82, 2.24) is 14.3 Å². The van der Waals surface area contributed by atoms with E-state index in [2.05, 4.69) is 4.98 Å². The van der Waals surface area contributed by atoms with Gasteiger partial charge in [-0.15, -0.1) is 0 Å². The summed E-state index contributed by atoms with van der Waals surface area (Å²) in [5.74, 6) is -0.376. The number of pyridine rings is 1. The number of aliphatic hydroxyl groups is 1. The Morgan fingerprint density at radius 1 is 1.42 bits per heavy atom. The quantitative estimate of drug-likeness (QED) is 0.771. The molecule has 6 heteroatoms. The third kappa shape index (κ3) is 1.90. The van der Waals surface area contributed by atoms with Crippen molar-refractivity contribution < 1.29 is 9.90 Å². The van der Waals surface area contributed by atoms with Crippen LogP contribution < -0.4 is 5.56 Å². The number of β-amino-alcohol motifs (C(OH)–C–C–N with tert-alkyl or cyclic N) is 1. The molecular weight excluding hydrogens is 246 g/mol. The third-order valence-corrected chi connectivity index (χ3v) is 3.23. The Morgan fingerprint density at radius 2 is 2.16 bits per heavy atom. The molecule has 1 fully saturated rings. The van der Waals surface area contributed by atoms with Crippen molar-refractivity contribution in [2.45, 2.75) is 13.0 Å². The third-order valence-electron chi connectivity index (χ3n) is 3.23. The lowest BCUT2D eigenvalue weighted by atomic mass is 10.1. The SMILES string of the molecule is Cc1ccc2ncc(C(=O)N3CC(O)C3)c(=O)n2c1. The Hall–Kier alpha value is -2.21. The number of aryl methyl sites for hydroxylation is 1. The summed E-state index contributed by atoms with van der Waals surface area (Å²) in [4.78, 5) is 29.9. The number of hydrogen-bond acceptors (Lipinski definition) is 4. The Morgan fingerprint density at radius 3 is 2.84 bits per heavy atom. The van der Waals surface area contributed by atoms with E-state index >= 15 is 0 Å². The molecule has 0 radical (unpaired) electrons. The van der Waals surface area contributed by atoms with Gasteiger partial charge in [-0.1, -0.05) is 6.07 Å². The van der Waals surface area contributed by atoms with E-state index in [1.807, 2.05) is 13.0 Å². The van der Waals surface area contributed by atoms with Gasteiger partial charge in [0.15, 0.2) is 0 Å². The molecule has 98 valence electrons. The van der Waals surface area contributed by atoms with Crippen molar-refractivity contribution in [1.29, 1.82) is 0 Å². The number of fused-ring (bicyclic) bond motifs is 1. The molecule has 1 amide bonds. The number of nitrogens with zero attached hydrogens (tertiary/aromatic N) is 3. The first-order valence-corrected chi connectivity index (χ1v) is 6.01. The van der Waals surface area contributed by atoms with E-state index in [1.54, 1.807) is 12.3 Å². The second-order valence-electron chi connectivity index (χ2n) is 4.78. The van der Waals surface area contributed by atoms with E-state index in [4.69, 9.17) is 0 Å². The highest BCUT2D eigenvalue weighted by atomic mass is 16.3. The van der Waals surface area contributed by atoms with Gasteiger partial charge in [0.1, 0.15) is 11.2 Å². The highest BCUT2D eigenvalue weighted by molar-refractivity contribution is 5.94. The molecule has 0 spiro atoms. The van der Waals surface area contributed by atoms with Crippen LogP contribution in [0, 0.1) is 6.92 Å². The zero-order chi connectivity index (χ0) is 13.6. The van der Waals surface area contributed by atoms with Gasteiger partial charge < -0.3 is 10.0 Å². The number of carbonyl (C=O) groups excluding carboxylic acids is 1. The van der Waals surface area contributed by atoms with Crippen molar-refractivity contribution in [2.24, 2.45) is 0 Å². The number of likely N-dealkylation sites (tertiary alicyclic amines) is 1. The van der Waals surface area contributed by atoms with Crippen LogP contribution in [0.4, 0.5) is 0 Å². The van der Waals surface area contributed by atoms with Crippen LogP contribution in [-0.2, 0) is 0 Å². The summed E-state index contributed by atoms with van der Waals surface area (Å²) in [6.07, 6.45) is 2.48. The molecule has 0 bridgehead atoms. The van der Waals surface area contributed by atoms with Gasteiger partial charge in [-0.05, 0) is 18.6 Å². The zero-order valence-electron chi connectivity index (χ0n) is 10.4. The van der Waals surface area contributed by atoms with Crippen LogP contribution in [0.2, 0.25) is 0 Å². The van der Waals surface area contributed by atoms with Gasteiger partial charge in [0.25, 0.3) is 11.5 Å². The number of rotatable bonds is 1. The fourth-order valence-electron chi connectivity index (χ4n) is 2.12. The van der Waals surface area contributed by atoms with E-state index in [-0.39, 0.29) is 30.1 Å². The van der Waals surface area contributed by atoms with Crippen molar-refractivity contribution in [2.75, 3.05) is 13.1 Å². The summed E-state index contributed by atoms with van der Waals surface area (Å²) < 4.78 is 1.37. The number of hydrogen-bond donors (Lipinski definition) is 1. The maximum atomic E-state index is 12.3. The van der Waals surface area contributed by atoms with Crippen LogP contribution in [0.3, 0.4) is 0 Å². The monoisotopic (exact) mass is 259 g/mol. The van der Waals surface area contributed by atoms with Crippen LogP contribution in [0.15, 0.2) is 29.3 Å². The van der Waals surface area contributed by atoms with Gasteiger partial charge >= 0.3 is 0 Å². The molecule has 3 rings (SSSR count). The van der Waals surface area contributed by atoms with Crippen LogP contribution in [0.5, 0.6) is 0 Å². The van der Waals surface area contributed by atoms with E-state index in [9.17, 15) is 14.7 Å². The van der Waals surface area contributed by atoms with Crippen LogP contribution >= 0.6 is 0 Å². The zero-order valence-corrected chi connectivity index (χ0v) is 10.4. The Kier molecular flexibility index (Phi) is 2.60. The maximum Gasteiger partial charge on any atom is 0.270 e. The van der Waals surface area contributed by atoms with E-state index in [0.717, 1.165) is 5.56 Å². The molecule has 1 N–H and O–H groups in total. The summed E-state index contributed by atoms with van der Waals surface area (Å²) in [6, 6.07) is 3.59. The second kappa shape index (κ2) is 4.17. The molecule has 2 aromatic heterocycles. The van der Waals surface area contributed by atoms with Crippen molar-refractivity contribution in [3.63, 3.8) is 0 Å². The van der Waals surface area contributed by atoms with Gasteiger partial charge in [-0.2, -0.15) is 0 Å². The predicted molar refractivity (Wildman–Crippen MR) is 68.1 cm³/mol. The first-order valence-electron chi connectivity index (χ1n) is 6.01. The predicted octanol–water partition coefficient (Wildman–Crippen LogP) is -0.180. The Labute approximate surface area is 108 Å². The van der Waals surface area contributed by atoms with Crippen molar-refractivity contribution in [3.8, 4) is 0 Å². The lowest BCUT2D eigenvalue weighted by Gasteiger charge is -2.35. The summed E-state index contributed by atoms with van der Waals surface area (Å²) in [5.41, 5.74) is 1.09. The lowest BCUT2D eigenvalue weighted by molar-refractivity contribution is 0.00573. The van der Waals surface area contributed by atoms with Gasteiger partial charge in [0.2, 0.25) is 0 Å². The summed E-state index contributed by atoms with van der Waals surface area (Å²) >= 11 is 0. The van der Waals surface area contributed by atoms with Gasteiger partial charge in [-0.3, -0.25) is 14.0 Å². The highest BCUT2D eigenvalue weighted by Crippen LogP contribution is 2.11. The van der Waals surface area contributed by atoms with Crippen molar-refractivity contribution in [3.05, 3.63) is 46.0 Å². The van der Waals surface area contributed by atoms with Crippen LogP contribution in [0.1, 0.15) is 15.9 Å². The average molecular weight is 259 g/mol. The fourth-order valence-corrected chi connectivity index (χ4v) is 2.12. The van der Waals surface area contributed by atoms with Gasteiger partial charge in [-0.25, -0.2) is 4.98 Å². The van der Waals surface area contributed by atoms with E-state index < -0.39 is 6.10 Å². The molecule has 0 saturated carbocycles. The van der Waals surface area contributed by atoms with Gasteiger partial charge in [0.05, 0.1) is 6.10 Å². The molecule has 2 aromatic rings. The minimum atomic E-state index is -0.484. The molecule has 0 atom stereocenters. The minimum absolute atomic E-state index is 0.0370. The Balaban J connectivity index is 2.07. The summed E-state index contributed by atoms with van der Waals surface area (Å²) in [7, 11) is 0. The molecule has 0 aromatic carbocycles. The van der Waals surface area contributed by atoms with E-state index in [1.165, 1.54) is 15.5 Å². The number of amides is 1. The second-order valence-corrected chi connectivity index (χ2v) is 4.78. The molecular formula is C13H13N3O3. The topological polar surface area (TPSA) is 74.9 Å². The molecule has 0 unspecified atom stereocenters. The molecule has 6 nitrogen and oxygen atoms in total. The highest BCUT2D eigenvalue weighted by Gasteiger charge is 2.31. The number of aliphatic hydroxyl groups excluding tert-OH is 1. The fraction of sp³-hybridized carbons (Fsp3) is 0.308. The molecule has 19 heavy (non-hydrogen) atoms. The lowest BCUT2D eigenvalue weighted by Crippen LogP contribution is -2.54. The Bertz CT molecular complexity index is 717. The summed E-state index contributed by atoms with van der Waals surface area (Å²) in [6.45, 7) is 2.41. The standard InChI is InChI=1S/C13H13N3O3/c1-8-2-3-11-14-4-10(13(19)16(11)5-8)12(18)15-6-9(17)7-15/h2-5,9,17H,6-7H2,1H3. The van der Waals surface area contributed by atoms with Crippen LogP contribution in [0.25, 0.3) is 5.65 Å². The first-order chi connectivity index (χ1) is 9.06. The molecule has 3 heterocycles. The average Bonchev–Trinajstić information content (AvgIpc) is 2.35. The largest absolute Gasteiger partial charge is 0.389 e.